The van der Waals surface area contributed by atoms with E-state index in [0.717, 1.165) is 17.1 Å². The third kappa shape index (κ3) is 4.64. The first-order valence-corrected chi connectivity index (χ1v) is 10.7. The first kappa shape index (κ1) is 20.0. The van der Waals surface area contributed by atoms with E-state index in [9.17, 15) is 4.39 Å². The standard InChI is InChI=1S/C22H16Cl2FN3S/c23-16-8-4-9-17(13-16)28-21(12-15-6-2-1-3-7-15)26-27-22(28)29-14-18-19(24)10-5-11-20(18)25/h1-11,13H,12,14H2. The smallest absolute Gasteiger partial charge is 0.196 e. The van der Waals surface area contributed by atoms with Crippen molar-refractivity contribution < 1.29 is 4.39 Å². The van der Waals surface area contributed by atoms with Gasteiger partial charge in [-0.3, -0.25) is 4.57 Å². The van der Waals surface area contributed by atoms with Crippen LogP contribution in [0.3, 0.4) is 0 Å². The molecule has 0 saturated heterocycles. The molecule has 7 heteroatoms. The van der Waals surface area contributed by atoms with E-state index in [1.807, 2.05) is 59.2 Å². The molecule has 146 valence electrons. The Morgan fingerprint density at radius 2 is 1.69 bits per heavy atom. The lowest BCUT2D eigenvalue weighted by Crippen LogP contribution is -2.04. The average molecular weight is 444 g/mol. The molecule has 4 rings (SSSR count). The minimum absolute atomic E-state index is 0.330. The highest BCUT2D eigenvalue weighted by atomic mass is 35.5. The SMILES string of the molecule is Fc1cccc(Cl)c1CSc1nnc(Cc2ccccc2)n1-c1cccc(Cl)c1. The van der Waals surface area contributed by atoms with Gasteiger partial charge in [0, 0.05) is 27.8 Å². The first-order chi connectivity index (χ1) is 14.1. The molecule has 3 nitrogen and oxygen atoms in total. The fraction of sp³-hybridized carbons (Fsp3) is 0.0909. The maximum absolute atomic E-state index is 14.2. The molecule has 0 spiro atoms. The van der Waals surface area contributed by atoms with Gasteiger partial charge in [0.05, 0.1) is 5.69 Å². The predicted octanol–water partition coefficient (Wildman–Crippen LogP) is 6.60. The minimum Gasteiger partial charge on any atom is -0.274 e. The second-order valence-corrected chi connectivity index (χ2v) is 8.15. The van der Waals surface area contributed by atoms with Crippen LogP contribution in [0.1, 0.15) is 17.0 Å². The average Bonchev–Trinajstić information content (AvgIpc) is 3.11. The van der Waals surface area contributed by atoms with Gasteiger partial charge >= 0.3 is 0 Å². The highest BCUT2D eigenvalue weighted by Crippen LogP contribution is 2.30. The van der Waals surface area contributed by atoms with Crippen molar-refractivity contribution in [1.29, 1.82) is 0 Å². The summed E-state index contributed by atoms with van der Waals surface area (Å²) >= 11 is 13.8. The van der Waals surface area contributed by atoms with Crippen molar-refractivity contribution in [3.8, 4) is 5.69 Å². The number of benzene rings is 3. The highest BCUT2D eigenvalue weighted by Gasteiger charge is 2.17. The molecule has 0 aliphatic heterocycles. The third-order valence-electron chi connectivity index (χ3n) is 4.38. The summed E-state index contributed by atoms with van der Waals surface area (Å²) in [5.74, 6) is 0.791. The van der Waals surface area contributed by atoms with Crippen LogP contribution < -0.4 is 0 Å². The van der Waals surface area contributed by atoms with Crippen molar-refractivity contribution in [3.63, 3.8) is 0 Å². The second-order valence-electron chi connectivity index (χ2n) is 6.37. The molecule has 0 fully saturated rings. The summed E-state index contributed by atoms with van der Waals surface area (Å²) < 4.78 is 16.1. The van der Waals surface area contributed by atoms with Crippen LogP contribution in [0.2, 0.25) is 10.0 Å². The van der Waals surface area contributed by atoms with E-state index in [1.165, 1.54) is 17.8 Å². The highest BCUT2D eigenvalue weighted by molar-refractivity contribution is 7.98. The molecule has 0 bridgehead atoms. The van der Waals surface area contributed by atoms with Crippen molar-refractivity contribution in [1.82, 2.24) is 14.8 Å². The van der Waals surface area contributed by atoms with Gasteiger partial charge in [-0.1, -0.05) is 77.4 Å². The topological polar surface area (TPSA) is 30.7 Å². The summed E-state index contributed by atoms with van der Waals surface area (Å²) in [5, 5.41) is 10.4. The van der Waals surface area contributed by atoms with Gasteiger partial charge in [-0.05, 0) is 35.9 Å². The van der Waals surface area contributed by atoms with Crippen molar-refractivity contribution >= 4 is 35.0 Å². The molecular weight excluding hydrogens is 428 g/mol. The molecule has 3 aromatic carbocycles. The van der Waals surface area contributed by atoms with Gasteiger partial charge in [0.25, 0.3) is 0 Å². The summed E-state index contributed by atoms with van der Waals surface area (Å²) in [6.07, 6.45) is 0.612. The molecule has 0 N–H and O–H groups in total. The number of hydrogen-bond donors (Lipinski definition) is 0. The van der Waals surface area contributed by atoms with E-state index >= 15 is 0 Å². The normalized spacial score (nSPS) is 11.0. The zero-order chi connectivity index (χ0) is 20.2. The Labute approximate surface area is 182 Å². The van der Waals surface area contributed by atoms with Gasteiger partial charge in [-0.25, -0.2) is 4.39 Å². The van der Waals surface area contributed by atoms with Gasteiger partial charge in [0.1, 0.15) is 11.6 Å². The second kappa shape index (κ2) is 8.99. The monoisotopic (exact) mass is 443 g/mol. The molecule has 1 aromatic heterocycles. The van der Waals surface area contributed by atoms with Crippen molar-refractivity contribution in [2.45, 2.75) is 17.3 Å². The summed E-state index contributed by atoms with van der Waals surface area (Å²) in [4.78, 5) is 0. The molecule has 0 saturated carbocycles. The number of halogens is 3. The fourth-order valence-corrected chi connectivity index (χ4v) is 4.47. The summed E-state index contributed by atoms with van der Waals surface area (Å²) in [6.45, 7) is 0. The molecule has 0 amide bonds. The van der Waals surface area contributed by atoms with Crippen LogP contribution in [-0.4, -0.2) is 14.8 Å². The molecule has 0 radical (unpaired) electrons. The quantitative estimate of drug-likeness (QED) is 0.314. The van der Waals surface area contributed by atoms with Crippen LogP contribution in [0.4, 0.5) is 4.39 Å². The Hall–Kier alpha value is -2.34. The van der Waals surface area contributed by atoms with Gasteiger partial charge in [-0.15, -0.1) is 10.2 Å². The zero-order valence-electron chi connectivity index (χ0n) is 15.2. The zero-order valence-corrected chi connectivity index (χ0v) is 17.6. The largest absolute Gasteiger partial charge is 0.274 e. The first-order valence-electron chi connectivity index (χ1n) is 8.91. The molecule has 0 unspecified atom stereocenters. The fourth-order valence-electron chi connectivity index (χ4n) is 2.97. The third-order valence-corrected chi connectivity index (χ3v) is 5.92. The van der Waals surface area contributed by atoms with Crippen LogP contribution >= 0.6 is 35.0 Å². The van der Waals surface area contributed by atoms with E-state index in [1.54, 1.807) is 12.1 Å². The molecule has 0 aliphatic carbocycles. The number of aromatic nitrogens is 3. The van der Waals surface area contributed by atoms with Crippen molar-refractivity contribution in [3.05, 3.63) is 106 Å². The number of rotatable bonds is 6. The van der Waals surface area contributed by atoms with Gasteiger partial charge < -0.3 is 0 Å². The predicted molar refractivity (Wildman–Crippen MR) is 117 cm³/mol. The lowest BCUT2D eigenvalue weighted by atomic mass is 10.1. The van der Waals surface area contributed by atoms with E-state index < -0.39 is 0 Å². The Bertz CT molecular complexity index is 1110. The maximum Gasteiger partial charge on any atom is 0.196 e. The summed E-state index contributed by atoms with van der Waals surface area (Å²) in [5.41, 5.74) is 2.43. The Balaban J connectivity index is 1.70. The van der Waals surface area contributed by atoms with Gasteiger partial charge in [0.2, 0.25) is 0 Å². The number of thioether (sulfide) groups is 1. The molecule has 1 heterocycles. The summed E-state index contributed by atoms with van der Waals surface area (Å²) in [7, 11) is 0. The molecule has 0 atom stereocenters. The van der Waals surface area contributed by atoms with Gasteiger partial charge in [0.15, 0.2) is 5.16 Å². The Kier molecular flexibility index (Phi) is 6.19. The van der Waals surface area contributed by atoms with Crippen molar-refractivity contribution in [2.75, 3.05) is 0 Å². The number of hydrogen-bond acceptors (Lipinski definition) is 3. The van der Waals surface area contributed by atoms with Crippen LogP contribution in [0.15, 0.2) is 78.0 Å². The van der Waals surface area contributed by atoms with Crippen LogP contribution in [0.5, 0.6) is 0 Å². The van der Waals surface area contributed by atoms with E-state index in [0.29, 0.717) is 32.9 Å². The summed E-state index contributed by atoms with van der Waals surface area (Å²) in [6, 6.07) is 22.2. The molecule has 29 heavy (non-hydrogen) atoms. The van der Waals surface area contributed by atoms with E-state index in [4.69, 9.17) is 23.2 Å². The van der Waals surface area contributed by atoms with E-state index in [-0.39, 0.29) is 5.82 Å². The molecule has 4 aromatic rings. The van der Waals surface area contributed by atoms with Crippen LogP contribution in [0.25, 0.3) is 5.69 Å². The van der Waals surface area contributed by atoms with Crippen molar-refractivity contribution in [2.24, 2.45) is 0 Å². The Morgan fingerprint density at radius 1 is 0.897 bits per heavy atom. The lowest BCUT2D eigenvalue weighted by Gasteiger charge is -2.11. The molecule has 0 aliphatic rings. The minimum atomic E-state index is -0.330. The van der Waals surface area contributed by atoms with E-state index in [2.05, 4.69) is 10.2 Å². The number of nitrogens with zero attached hydrogens (tertiary/aromatic N) is 3. The maximum atomic E-state index is 14.2. The lowest BCUT2D eigenvalue weighted by molar-refractivity contribution is 0.617. The van der Waals surface area contributed by atoms with Crippen LogP contribution in [-0.2, 0) is 12.2 Å². The Morgan fingerprint density at radius 3 is 2.45 bits per heavy atom. The van der Waals surface area contributed by atoms with Crippen LogP contribution in [0, 0.1) is 5.82 Å². The van der Waals surface area contributed by atoms with Gasteiger partial charge in [-0.2, -0.15) is 0 Å². The molecular formula is C22H16Cl2FN3S.